The number of allylic oxidation sites excluding steroid dienone is 1. The van der Waals surface area contributed by atoms with Crippen molar-refractivity contribution in [2.45, 2.75) is 149 Å². The van der Waals surface area contributed by atoms with Crippen molar-refractivity contribution >= 4 is 5.91 Å². The van der Waals surface area contributed by atoms with Crippen molar-refractivity contribution in [3.8, 4) is 0 Å². The number of ether oxygens (including phenoxy) is 1. The van der Waals surface area contributed by atoms with Crippen LogP contribution in [0.4, 0.5) is 0 Å². The number of rotatable bonds is 16. The lowest BCUT2D eigenvalue weighted by molar-refractivity contribution is -0.135. The van der Waals surface area contributed by atoms with Gasteiger partial charge in [-0.2, -0.15) is 0 Å². The fourth-order valence-electron chi connectivity index (χ4n) is 11.7. The zero-order valence-electron chi connectivity index (χ0n) is 29.6. The molecule has 5 aliphatic rings. The number of fused-ring (bicyclic) bond motifs is 5. The number of unbranched alkanes of at least 4 members (excludes halogenated alkanes) is 1. The van der Waals surface area contributed by atoms with Gasteiger partial charge in [0.15, 0.2) is 0 Å². The summed E-state index contributed by atoms with van der Waals surface area (Å²) in [6, 6.07) is 0. The molecule has 258 valence electrons. The molecule has 5 rings (SSSR count). The van der Waals surface area contributed by atoms with Gasteiger partial charge in [-0.1, -0.05) is 52.2 Å². The summed E-state index contributed by atoms with van der Waals surface area (Å²) in [6.45, 7) is 12.2. The van der Waals surface area contributed by atoms with E-state index in [4.69, 9.17) is 10.5 Å². The first-order valence-corrected chi connectivity index (χ1v) is 19.8. The van der Waals surface area contributed by atoms with E-state index in [0.29, 0.717) is 29.3 Å². The molecule has 0 aromatic carbocycles. The average molecular weight is 626 g/mol. The normalized spacial score (nSPS) is 37.6. The third kappa shape index (κ3) is 8.77. The van der Waals surface area contributed by atoms with Gasteiger partial charge in [0.25, 0.3) is 0 Å². The number of carbonyl (C=O) groups is 1. The fraction of sp³-hybridized carbons (Fsp3) is 0.925. The molecule has 0 saturated heterocycles. The van der Waals surface area contributed by atoms with Gasteiger partial charge in [-0.3, -0.25) is 4.79 Å². The zero-order chi connectivity index (χ0) is 31.7. The lowest BCUT2D eigenvalue weighted by atomic mass is 9.44. The molecule has 1 amide bonds. The van der Waals surface area contributed by atoms with E-state index in [0.717, 1.165) is 94.0 Å². The predicted molar refractivity (Wildman–Crippen MR) is 188 cm³/mol. The van der Waals surface area contributed by atoms with Crippen LogP contribution in [-0.4, -0.2) is 44.8 Å². The molecule has 0 bridgehead atoms. The summed E-state index contributed by atoms with van der Waals surface area (Å²) in [4.78, 5) is 12.7. The molecule has 0 aliphatic heterocycles. The van der Waals surface area contributed by atoms with Crippen molar-refractivity contribution in [3.63, 3.8) is 0 Å². The first-order chi connectivity index (χ1) is 21.8. The van der Waals surface area contributed by atoms with Gasteiger partial charge in [0.1, 0.15) is 0 Å². The molecule has 5 heteroatoms. The van der Waals surface area contributed by atoms with Gasteiger partial charge >= 0.3 is 0 Å². The molecular formula is C40H71N3O2. The molecule has 5 saturated carbocycles. The van der Waals surface area contributed by atoms with Gasteiger partial charge in [-0.15, -0.1) is 0 Å². The van der Waals surface area contributed by atoms with E-state index >= 15 is 0 Å². The van der Waals surface area contributed by atoms with Crippen LogP contribution >= 0.6 is 0 Å². The van der Waals surface area contributed by atoms with E-state index in [1.165, 1.54) is 89.9 Å². The number of nitrogens with two attached hydrogens (primary N) is 1. The Bertz CT molecular complexity index is 933. The van der Waals surface area contributed by atoms with Crippen molar-refractivity contribution in [1.29, 1.82) is 0 Å². The third-order valence-corrected chi connectivity index (χ3v) is 14.4. The van der Waals surface area contributed by atoms with Crippen molar-refractivity contribution in [3.05, 3.63) is 12.2 Å². The summed E-state index contributed by atoms with van der Waals surface area (Å²) in [5, 5.41) is 6.64. The number of amides is 1. The lowest BCUT2D eigenvalue weighted by Crippen LogP contribution is -2.54. The summed E-state index contributed by atoms with van der Waals surface area (Å²) in [7, 11) is 0. The maximum absolute atomic E-state index is 12.7. The van der Waals surface area contributed by atoms with E-state index in [1.54, 1.807) is 0 Å². The summed E-state index contributed by atoms with van der Waals surface area (Å²) < 4.78 is 6.50. The Morgan fingerprint density at radius 1 is 0.889 bits per heavy atom. The van der Waals surface area contributed by atoms with Gasteiger partial charge in [0, 0.05) is 13.0 Å². The van der Waals surface area contributed by atoms with Gasteiger partial charge in [0.05, 0.1) is 12.7 Å². The van der Waals surface area contributed by atoms with Crippen LogP contribution in [0.1, 0.15) is 143 Å². The van der Waals surface area contributed by atoms with Crippen LogP contribution in [0.15, 0.2) is 12.2 Å². The van der Waals surface area contributed by atoms with Gasteiger partial charge in [-0.25, -0.2) is 0 Å². The van der Waals surface area contributed by atoms with E-state index < -0.39 is 0 Å². The lowest BCUT2D eigenvalue weighted by Gasteiger charge is -2.61. The molecule has 5 fully saturated rings. The molecule has 5 nitrogen and oxygen atoms in total. The molecule has 0 aromatic heterocycles. The molecule has 0 spiro atoms. The molecule has 0 aromatic rings. The standard InChI is InChI=1S/C40H71N3O2/c1-30(14-19-38(44)43-27-10-26-42-25-8-7-24-41)35-17-18-36-34-16-15-32-29-33(45-28-9-13-31-11-5-4-6-12-31)20-22-39(32,2)37(34)21-23-40(35,36)3/h9,13,30-37,42H,4-8,10-12,14-29,41H2,1-3H3,(H,43,44)/b13-9+/t30-,32-,33+,34+,35-,36+,37+,39+,40-/m1/s1. The molecule has 5 aliphatic carbocycles. The second-order valence-electron chi connectivity index (χ2n) is 16.9. The first-order valence-electron chi connectivity index (χ1n) is 19.8. The Labute approximate surface area is 277 Å². The highest BCUT2D eigenvalue weighted by molar-refractivity contribution is 5.75. The quantitative estimate of drug-likeness (QED) is 0.119. The second kappa shape index (κ2) is 17.0. The first kappa shape index (κ1) is 35.4. The SMILES string of the molecule is C[C@H](CCC(=O)NCCCNCCCCN)[C@H]1CC[C@H]2[C@@H]3CC[C@@H]4C[C@@H](OC/C=C/C5CCCCC5)CC[C@]4(C)[C@H]3CC[C@]12C. The van der Waals surface area contributed by atoms with Crippen molar-refractivity contribution in [2.75, 3.05) is 32.8 Å². The number of hydrogen-bond acceptors (Lipinski definition) is 4. The zero-order valence-corrected chi connectivity index (χ0v) is 29.6. The van der Waals surface area contributed by atoms with Crippen LogP contribution in [0.25, 0.3) is 0 Å². The number of hydrogen-bond donors (Lipinski definition) is 3. The van der Waals surface area contributed by atoms with Crippen LogP contribution in [0.3, 0.4) is 0 Å². The third-order valence-electron chi connectivity index (χ3n) is 14.4. The molecule has 0 unspecified atom stereocenters. The largest absolute Gasteiger partial charge is 0.374 e. The van der Waals surface area contributed by atoms with E-state index in [-0.39, 0.29) is 5.91 Å². The van der Waals surface area contributed by atoms with E-state index in [9.17, 15) is 4.79 Å². The summed E-state index contributed by atoms with van der Waals surface area (Å²) in [6.07, 6.45) is 29.7. The van der Waals surface area contributed by atoms with Crippen LogP contribution in [0, 0.1) is 52.3 Å². The average Bonchev–Trinajstić information content (AvgIpc) is 3.41. The maximum Gasteiger partial charge on any atom is 0.220 e. The molecule has 45 heavy (non-hydrogen) atoms. The molecule has 9 atom stereocenters. The minimum atomic E-state index is 0.250. The second-order valence-corrected chi connectivity index (χ2v) is 16.9. The highest BCUT2D eigenvalue weighted by atomic mass is 16.5. The van der Waals surface area contributed by atoms with Gasteiger partial charge in [-0.05, 0) is 168 Å². The van der Waals surface area contributed by atoms with Gasteiger partial charge in [0.2, 0.25) is 5.91 Å². The monoisotopic (exact) mass is 626 g/mol. The molecule has 4 N–H and O–H groups in total. The van der Waals surface area contributed by atoms with Crippen LogP contribution < -0.4 is 16.4 Å². The van der Waals surface area contributed by atoms with Crippen molar-refractivity contribution in [2.24, 2.45) is 58.0 Å². The van der Waals surface area contributed by atoms with Crippen molar-refractivity contribution < 1.29 is 9.53 Å². The van der Waals surface area contributed by atoms with E-state index in [1.807, 2.05) is 0 Å². The topological polar surface area (TPSA) is 76.4 Å². The molecule has 0 heterocycles. The van der Waals surface area contributed by atoms with Crippen LogP contribution in [-0.2, 0) is 9.53 Å². The Hall–Kier alpha value is -0.910. The van der Waals surface area contributed by atoms with E-state index in [2.05, 4.69) is 43.6 Å². The maximum atomic E-state index is 12.7. The Morgan fingerprint density at radius 3 is 2.49 bits per heavy atom. The molecule has 0 radical (unpaired) electrons. The van der Waals surface area contributed by atoms with Crippen LogP contribution in [0.5, 0.6) is 0 Å². The molecular weight excluding hydrogens is 554 g/mol. The summed E-state index contributed by atoms with van der Waals surface area (Å²) in [5.74, 6) is 6.06. The predicted octanol–water partition coefficient (Wildman–Crippen LogP) is 8.42. The number of nitrogens with one attached hydrogen (secondary N) is 2. The number of carbonyl (C=O) groups excluding carboxylic acids is 1. The minimum Gasteiger partial charge on any atom is -0.374 e. The fourth-order valence-corrected chi connectivity index (χ4v) is 11.7. The highest BCUT2D eigenvalue weighted by Crippen LogP contribution is 2.68. The summed E-state index contributed by atoms with van der Waals surface area (Å²) in [5.41, 5.74) is 6.55. The summed E-state index contributed by atoms with van der Waals surface area (Å²) >= 11 is 0. The smallest absolute Gasteiger partial charge is 0.220 e. The van der Waals surface area contributed by atoms with Gasteiger partial charge < -0.3 is 21.1 Å². The minimum absolute atomic E-state index is 0.250. The van der Waals surface area contributed by atoms with Crippen molar-refractivity contribution in [1.82, 2.24) is 10.6 Å². The Balaban J connectivity index is 1.04. The van der Waals surface area contributed by atoms with Crippen LogP contribution in [0.2, 0.25) is 0 Å². The Kier molecular flexibility index (Phi) is 13.3. The highest BCUT2D eigenvalue weighted by Gasteiger charge is 2.60. The Morgan fingerprint density at radius 2 is 1.67 bits per heavy atom.